The second-order valence-corrected chi connectivity index (χ2v) is 20.3. The molecule has 0 aliphatic carbocycles. The largest absolute Gasteiger partial charge is 0.508 e. The summed E-state index contributed by atoms with van der Waals surface area (Å²) in [5, 5.41) is 21.5. The second-order valence-electron chi connectivity index (χ2n) is 13.0. The third kappa shape index (κ3) is 11.3. The Labute approximate surface area is 364 Å². The topological polar surface area (TPSA) is 138 Å². The van der Waals surface area contributed by atoms with Crippen LogP contribution in [-0.4, -0.2) is 45.4 Å². The molecule has 0 spiro atoms. The molecule has 0 radical (unpaired) electrons. The number of unbranched alkanes of at least 4 members (excludes halogenated alkanes) is 1. The molecule has 6 rings (SSSR count). The van der Waals surface area contributed by atoms with Crippen LogP contribution in [0.4, 0.5) is 0 Å². The average Bonchev–Trinajstić information content (AvgIpc) is 3.18. The normalized spacial score (nSPS) is 10.8. The number of rotatable bonds is 11. The van der Waals surface area contributed by atoms with Crippen LogP contribution in [0.2, 0.25) is 10.0 Å². The van der Waals surface area contributed by atoms with E-state index in [0.29, 0.717) is 69.0 Å². The summed E-state index contributed by atoms with van der Waals surface area (Å²) in [4.78, 5) is 51.3. The van der Waals surface area contributed by atoms with E-state index in [9.17, 15) is 24.3 Å². The van der Waals surface area contributed by atoms with Crippen molar-refractivity contribution >= 4 is 95.5 Å². The molecular weight excluding hydrogens is 970 g/mol. The van der Waals surface area contributed by atoms with Crippen LogP contribution in [-0.2, 0) is 40.0 Å². The third-order valence-electron chi connectivity index (χ3n) is 9.27. The average molecular weight is 1010 g/mol. The zero-order valence-corrected chi connectivity index (χ0v) is 38.0. The molecule has 4 aromatic carbocycles. The molecule has 0 saturated heterocycles. The van der Waals surface area contributed by atoms with Crippen LogP contribution >= 0.6 is 70.5 Å². The molecule has 57 heavy (non-hydrogen) atoms. The number of methoxy groups -OCH3 is 1. The van der Waals surface area contributed by atoms with Gasteiger partial charge in [0.2, 0.25) is 0 Å². The number of benzene rings is 4. The summed E-state index contributed by atoms with van der Waals surface area (Å²) in [6.45, 7) is 2.44. The predicted molar refractivity (Wildman–Crippen MR) is 243 cm³/mol. The van der Waals surface area contributed by atoms with Crippen molar-refractivity contribution in [3.63, 3.8) is 0 Å². The summed E-state index contributed by atoms with van der Waals surface area (Å²) in [5.74, 6) is 0.632. The number of hydrogen-bond acceptors (Lipinski definition) is 7. The maximum absolute atomic E-state index is 13.2. The third-order valence-corrected chi connectivity index (χ3v) is 9.78. The molecule has 302 valence electrons. The van der Waals surface area contributed by atoms with Gasteiger partial charge in [-0.05, 0) is 72.5 Å². The van der Waals surface area contributed by atoms with E-state index >= 15 is 0 Å². The minimum Gasteiger partial charge on any atom is -0.508 e. The van der Waals surface area contributed by atoms with Crippen molar-refractivity contribution in [3.8, 4) is 11.5 Å². The van der Waals surface area contributed by atoms with Crippen molar-refractivity contribution in [2.24, 2.45) is 14.1 Å². The number of aryl methyl sites for hydroxylation is 2. The smallest absolute Gasteiger partial charge is 0.369 e. The Kier molecular flexibility index (Phi) is 17.3. The van der Waals surface area contributed by atoms with Crippen LogP contribution in [0.5, 0.6) is 11.5 Å². The van der Waals surface area contributed by atoms with E-state index < -0.39 is 11.2 Å². The monoisotopic (exact) mass is 1010 g/mol. The molecule has 17 heteroatoms. The highest BCUT2D eigenvalue weighted by atomic mass is 79.9. The van der Waals surface area contributed by atoms with Crippen LogP contribution in [0.15, 0.2) is 92.0 Å². The van der Waals surface area contributed by atoms with Crippen LogP contribution in [0.25, 0.3) is 21.8 Å². The Morgan fingerprint density at radius 2 is 1.09 bits per heavy atom. The Bertz CT molecular complexity index is 2570. The SMILES string of the molecule is BrB(Br)Br.CCCCn1c(=O)c2c(Cc3ccc(Cl)cc3)c(OC)ccc2n(C)c1=O.Cn1c(=O)n(CCCO)c(=O)c2c(Cc3ccc(Cl)cc3)c(O)ccc21. The van der Waals surface area contributed by atoms with E-state index in [0.717, 1.165) is 34.1 Å². The zero-order chi connectivity index (χ0) is 42.0. The standard InChI is InChI=1S/C21H23ClN2O3.C19H19ClN2O4.BBr3/c1-4-5-12-24-20(25)19-16(13-14-6-8-15(22)9-7-14)18(27-3)11-10-17(19)23(2)21(24)26;1-21-15-7-8-16(24)14(11-12-3-5-13(20)6-4-12)17(15)18(25)22(19(21)26)9-2-10-23;2-1(3)4/h6-11H,4-5,12-13H2,1-3H3;3-8,23-24H,2,9-11H2,1H3;. The number of aromatic nitrogens is 4. The van der Waals surface area contributed by atoms with E-state index in [-0.39, 0.29) is 33.3 Å². The predicted octanol–water partition coefficient (Wildman–Crippen LogP) is 7.94. The molecule has 11 nitrogen and oxygen atoms in total. The Hall–Kier alpha value is -3.60. The van der Waals surface area contributed by atoms with E-state index in [1.807, 2.05) is 49.4 Å². The summed E-state index contributed by atoms with van der Waals surface area (Å²) in [5.41, 5.74) is 2.75. The molecule has 2 aromatic heterocycles. The van der Waals surface area contributed by atoms with Crippen molar-refractivity contribution in [3.05, 3.63) is 147 Å². The molecule has 0 unspecified atom stereocenters. The number of hydrogen-bond donors (Lipinski definition) is 2. The first-order valence-electron chi connectivity index (χ1n) is 17.9. The summed E-state index contributed by atoms with van der Waals surface area (Å²) in [6.07, 6.45) is 2.82. The first-order valence-corrected chi connectivity index (χ1v) is 21.4. The lowest BCUT2D eigenvalue weighted by Gasteiger charge is -2.16. The van der Waals surface area contributed by atoms with Gasteiger partial charge in [0.1, 0.15) is 11.5 Å². The van der Waals surface area contributed by atoms with E-state index in [2.05, 4.69) is 47.3 Å². The van der Waals surface area contributed by atoms with E-state index in [4.69, 9.17) is 33.0 Å². The van der Waals surface area contributed by atoms with Crippen molar-refractivity contribution in [2.75, 3.05) is 13.7 Å². The van der Waals surface area contributed by atoms with E-state index in [1.54, 1.807) is 45.5 Å². The van der Waals surface area contributed by atoms with Gasteiger partial charge < -0.3 is 14.9 Å². The highest BCUT2D eigenvalue weighted by molar-refractivity contribution is 9.69. The fraction of sp³-hybridized carbons (Fsp3) is 0.300. The minimum absolute atomic E-state index is 0.00286. The highest BCUT2D eigenvalue weighted by Gasteiger charge is 2.19. The van der Waals surface area contributed by atoms with Crippen molar-refractivity contribution < 1.29 is 14.9 Å². The molecule has 0 aliphatic rings. The van der Waals surface area contributed by atoms with Gasteiger partial charge in [-0.1, -0.05) is 60.8 Å². The lowest BCUT2D eigenvalue weighted by molar-refractivity contribution is 0.277. The molecule has 0 amide bonds. The molecule has 0 fully saturated rings. The quantitative estimate of drug-likeness (QED) is 0.126. The lowest BCUT2D eigenvalue weighted by Crippen LogP contribution is -2.39. The van der Waals surface area contributed by atoms with Gasteiger partial charge >= 0.3 is 14.6 Å². The van der Waals surface area contributed by atoms with Crippen LogP contribution < -0.4 is 27.2 Å². The van der Waals surface area contributed by atoms with Gasteiger partial charge in [-0.25, -0.2) is 9.59 Å². The Morgan fingerprint density at radius 3 is 1.53 bits per heavy atom. The fourth-order valence-electron chi connectivity index (χ4n) is 6.39. The van der Waals surface area contributed by atoms with Gasteiger partial charge in [0.25, 0.3) is 11.1 Å². The summed E-state index contributed by atoms with van der Waals surface area (Å²) in [7, 11) is 4.87. The van der Waals surface area contributed by atoms with Gasteiger partial charge in [0.05, 0.1) is 28.9 Å². The van der Waals surface area contributed by atoms with Gasteiger partial charge in [-0.15, -0.1) is 47.3 Å². The van der Waals surface area contributed by atoms with Crippen molar-refractivity contribution in [1.82, 2.24) is 18.3 Å². The van der Waals surface area contributed by atoms with Gasteiger partial charge in [0.15, 0.2) is 0 Å². The number of aromatic hydroxyl groups is 1. The zero-order valence-electron chi connectivity index (χ0n) is 31.8. The van der Waals surface area contributed by atoms with Crippen LogP contribution in [0.1, 0.15) is 48.4 Å². The summed E-state index contributed by atoms with van der Waals surface area (Å²) < 4.78 is 11.2. The first-order chi connectivity index (χ1) is 27.1. The molecule has 0 bridgehead atoms. The number of ether oxygens (including phenoxy) is 1. The molecular formula is C40H42BBr3Cl2N4O7. The molecule has 2 N–H and O–H groups in total. The molecule has 0 atom stereocenters. The number of fused-ring (bicyclic) bond motifs is 2. The number of halogens is 5. The maximum Gasteiger partial charge on any atom is 0.369 e. The number of phenolic OH excluding ortho intramolecular Hbond substituents is 1. The second kappa shape index (κ2) is 21.4. The number of phenols is 1. The number of aliphatic hydroxyl groups excluding tert-OH is 1. The first kappa shape index (κ1) is 46.1. The maximum atomic E-state index is 13.2. The number of nitrogens with zero attached hydrogens (tertiary/aromatic N) is 4. The summed E-state index contributed by atoms with van der Waals surface area (Å²) >= 11 is 21.2. The fourth-order valence-corrected chi connectivity index (χ4v) is 6.64. The van der Waals surface area contributed by atoms with Crippen LogP contribution in [0.3, 0.4) is 0 Å². The Balaban J connectivity index is 0.000000231. The lowest BCUT2D eigenvalue weighted by atomic mass is 10.00. The summed E-state index contributed by atoms with van der Waals surface area (Å²) in [6, 6.07) is 21.3. The van der Waals surface area contributed by atoms with Gasteiger partial charge in [-0.3, -0.25) is 27.9 Å². The molecule has 2 heterocycles. The Morgan fingerprint density at radius 1 is 0.667 bits per heavy atom. The highest BCUT2D eigenvalue weighted by Crippen LogP contribution is 2.29. The van der Waals surface area contributed by atoms with Gasteiger partial charge in [-0.2, -0.15) is 0 Å². The van der Waals surface area contributed by atoms with Crippen LogP contribution in [0, 0.1) is 0 Å². The minimum atomic E-state index is -0.462. The number of aliphatic hydroxyl groups is 1. The molecule has 0 saturated carbocycles. The van der Waals surface area contributed by atoms with Crippen molar-refractivity contribution in [2.45, 2.75) is 52.1 Å². The molecule has 0 aliphatic heterocycles. The van der Waals surface area contributed by atoms with Gasteiger partial charge in [0, 0.05) is 67.8 Å². The molecule has 6 aromatic rings. The van der Waals surface area contributed by atoms with Crippen molar-refractivity contribution in [1.29, 1.82) is 0 Å². The van der Waals surface area contributed by atoms with E-state index in [1.165, 1.54) is 19.8 Å².